The quantitative estimate of drug-likeness (QED) is 0.581. The van der Waals surface area contributed by atoms with E-state index in [0.717, 1.165) is 0 Å². The van der Waals surface area contributed by atoms with Crippen LogP contribution in [-0.4, -0.2) is 32.1 Å². The molecular weight excluding hydrogens is 234 g/mol. The molecule has 0 aromatic heterocycles. The number of para-hydroxylation sites is 1. The first kappa shape index (κ1) is 13.8. The molecule has 0 unspecified atom stereocenters. The summed E-state index contributed by atoms with van der Waals surface area (Å²) in [6.45, 7) is 2.47. The normalized spacial score (nSPS) is 9.89. The number of primary amides is 1. The van der Waals surface area contributed by atoms with Crippen LogP contribution in [0.2, 0.25) is 0 Å². The summed E-state index contributed by atoms with van der Waals surface area (Å²) in [5.41, 5.74) is 12.2. The molecular formula is C12H17N3O3. The van der Waals surface area contributed by atoms with Crippen LogP contribution in [0, 0.1) is 0 Å². The Kier molecular flexibility index (Phi) is 4.53. The van der Waals surface area contributed by atoms with E-state index in [1.807, 2.05) is 6.92 Å². The van der Waals surface area contributed by atoms with Gasteiger partial charge in [-0.15, -0.1) is 0 Å². The Balaban J connectivity index is 3.16. The lowest BCUT2D eigenvalue weighted by Gasteiger charge is -2.23. The van der Waals surface area contributed by atoms with Crippen LogP contribution >= 0.6 is 0 Å². The van der Waals surface area contributed by atoms with Crippen LogP contribution in [0.5, 0.6) is 0 Å². The largest absolute Gasteiger partial charge is 0.465 e. The number of amides is 1. The second-order valence-corrected chi connectivity index (χ2v) is 3.71. The number of nitrogens with zero attached hydrogens (tertiary/aromatic N) is 1. The molecule has 0 saturated heterocycles. The number of ether oxygens (including phenoxy) is 1. The number of methoxy groups -OCH3 is 1. The molecule has 1 rings (SSSR count). The van der Waals surface area contributed by atoms with Gasteiger partial charge in [-0.2, -0.15) is 0 Å². The zero-order valence-corrected chi connectivity index (χ0v) is 10.5. The van der Waals surface area contributed by atoms with Crippen LogP contribution in [0.25, 0.3) is 0 Å². The van der Waals surface area contributed by atoms with E-state index in [4.69, 9.17) is 11.5 Å². The van der Waals surface area contributed by atoms with Gasteiger partial charge in [0.05, 0.1) is 30.6 Å². The number of hydrogen-bond donors (Lipinski definition) is 2. The topological polar surface area (TPSA) is 98.6 Å². The molecule has 0 radical (unpaired) electrons. The van der Waals surface area contributed by atoms with Crippen molar-refractivity contribution in [3.63, 3.8) is 0 Å². The van der Waals surface area contributed by atoms with Gasteiger partial charge in [-0.3, -0.25) is 4.79 Å². The number of nitrogen functional groups attached to an aromatic ring is 1. The molecule has 0 atom stereocenters. The number of hydrogen-bond acceptors (Lipinski definition) is 5. The molecule has 6 heteroatoms. The molecule has 0 bridgehead atoms. The Labute approximate surface area is 105 Å². The van der Waals surface area contributed by atoms with Gasteiger partial charge < -0.3 is 21.1 Å². The highest BCUT2D eigenvalue weighted by atomic mass is 16.5. The minimum Gasteiger partial charge on any atom is -0.465 e. The van der Waals surface area contributed by atoms with Crippen LogP contribution in [-0.2, 0) is 9.53 Å². The molecule has 98 valence electrons. The molecule has 0 aliphatic rings. The number of carbonyl (C=O) groups excluding carboxylic acids is 2. The maximum absolute atomic E-state index is 11.5. The number of esters is 1. The number of likely N-dealkylation sites (N-methyl/N-ethyl adjacent to an activating group) is 1. The molecule has 1 aromatic rings. The fourth-order valence-corrected chi connectivity index (χ4v) is 1.67. The van der Waals surface area contributed by atoms with E-state index in [2.05, 4.69) is 4.74 Å². The Morgan fingerprint density at radius 2 is 2.06 bits per heavy atom. The highest BCUT2D eigenvalue weighted by Crippen LogP contribution is 2.26. The smallest absolute Gasteiger partial charge is 0.340 e. The molecule has 1 amide bonds. The van der Waals surface area contributed by atoms with Gasteiger partial charge in [0, 0.05) is 6.54 Å². The van der Waals surface area contributed by atoms with Crippen molar-refractivity contribution < 1.29 is 14.3 Å². The highest BCUT2D eigenvalue weighted by molar-refractivity contribution is 5.98. The van der Waals surface area contributed by atoms with E-state index in [9.17, 15) is 9.59 Å². The van der Waals surface area contributed by atoms with Gasteiger partial charge in [0.25, 0.3) is 0 Å². The minimum atomic E-state index is -0.510. The lowest BCUT2D eigenvalue weighted by Crippen LogP contribution is -2.34. The van der Waals surface area contributed by atoms with Crippen LogP contribution < -0.4 is 16.4 Å². The Bertz CT molecular complexity index is 460. The van der Waals surface area contributed by atoms with Crippen molar-refractivity contribution in [2.45, 2.75) is 6.92 Å². The van der Waals surface area contributed by atoms with Gasteiger partial charge >= 0.3 is 5.97 Å². The van der Waals surface area contributed by atoms with Crippen molar-refractivity contribution in [3.05, 3.63) is 23.8 Å². The number of nitrogens with two attached hydrogens (primary N) is 2. The summed E-state index contributed by atoms with van der Waals surface area (Å²) in [6, 6.07) is 4.98. The monoisotopic (exact) mass is 251 g/mol. The molecule has 6 nitrogen and oxygen atoms in total. The van der Waals surface area contributed by atoms with E-state index >= 15 is 0 Å². The maximum Gasteiger partial charge on any atom is 0.340 e. The lowest BCUT2D eigenvalue weighted by molar-refractivity contribution is -0.116. The molecule has 1 aromatic carbocycles. The summed E-state index contributed by atoms with van der Waals surface area (Å²) >= 11 is 0. The maximum atomic E-state index is 11.5. The Morgan fingerprint density at radius 1 is 1.39 bits per heavy atom. The molecule has 0 aliphatic carbocycles. The summed E-state index contributed by atoms with van der Waals surface area (Å²) in [4.78, 5) is 24.2. The Hall–Kier alpha value is -2.24. The fourth-order valence-electron chi connectivity index (χ4n) is 1.67. The predicted octanol–water partition coefficient (Wildman–Crippen LogP) is 0.367. The molecule has 0 heterocycles. The average molecular weight is 251 g/mol. The van der Waals surface area contributed by atoms with Gasteiger partial charge in [-0.05, 0) is 19.1 Å². The third kappa shape index (κ3) is 2.91. The lowest BCUT2D eigenvalue weighted by atomic mass is 10.1. The molecule has 0 fully saturated rings. The summed E-state index contributed by atoms with van der Waals surface area (Å²) in [7, 11) is 1.29. The van der Waals surface area contributed by atoms with E-state index in [-0.39, 0.29) is 17.8 Å². The number of anilines is 2. The SMILES string of the molecule is CCN(CC(N)=O)c1cccc(C(=O)OC)c1N. The van der Waals surface area contributed by atoms with Crippen LogP contribution in [0.3, 0.4) is 0 Å². The molecule has 0 spiro atoms. The number of carbonyl (C=O) groups is 2. The predicted molar refractivity (Wildman–Crippen MR) is 69.3 cm³/mol. The second-order valence-electron chi connectivity index (χ2n) is 3.71. The Morgan fingerprint density at radius 3 is 2.56 bits per heavy atom. The zero-order chi connectivity index (χ0) is 13.7. The highest BCUT2D eigenvalue weighted by Gasteiger charge is 2.16. The average Bonchev–Trinajstić information content (AvgIpc) is 2.35. The summed E-state index contributed by atoms with van der Waals surface area (Å²) in [6.07, 6.45) is 0. The van der Waals surface area contributed by atoms with E-state index < -0.39 is 11.9 Å². The third-order valence-corrected chi connectivity index (χ3v) is 2.56. The van der Waals surface area contributed by atoms with Crippen molar-refractivity contribution in [3.8, 4) is 0 Å². The van der Waals surface area contributed by atoms with E-state index in [0.29, 0.717) is 12.2 Å². The van der Waals surface area contributed by atoms with Crippen molar-refractivity contribution in [2.24, 2.45) is 5.73 Å². The van der Waals surface area contributed by atoms with Gasteiger partial charge in [0.1, 0.15) is 0 Å². The minimum absolute atomic E-state index is 0.0470. The first-order chi connectivity index (χ1) is 8.51. The molecule has 0 aliphatic heterocycles. The van der Waals surface area contributed by atoms with Crippen LogP contribution in [0.15, 0.2) is 18.2 Å². The van der Waals surface area contributed by atoms with E-state index in [1.54, 1.807) is 23.1 Å². The van der Waals surface area contributed by atoms with Gasteiger partial charge in [-0.1, -0.05) is 6.07 Å². The zero-order valence-electron chi connectivity index (χ0n) is 10.5. The molecule has 18 heavy (non-hydrogen) atoms. The van der Waals surface area contributed by atoms with E-state index in [1.165, 1.54) is 7.11 Å². The first-order valence-corrected chi connectivity index (χ1v) is 5.51. The first-order valence-electron chi connectivity index (χ1n) is 5.51. The van der Waals surface area contributed by atoms with Crippen molar-refractivity contribution in [2.75, 3.05) is 30.8 Å². The van der Waals surface area contributed by atoms with Gasteiger partial charge in [0.2, 0.25) is 5.91 Å². The molecule has 4 N–H and O–H groups in total. The summed E-state index contributed by atoms with van der Waals surface area (Å²) < 4.78 is 4.64. The number of benzene rings is 1. The second kappa shape index (κ2) is 5.90. The summed E-state index contributed by atoms with van der Waals surface area (Å²) in [5, 5.41) is 0. The fraction of sp³-hybridized carbons (Fsp3) is 0.333. The van der Waals surface area contributed by atoms with Crippen molar-refractivity contribution in [1.82, 2.24) is 0 Å². The van der Waals surface area contributed by atoms with Crippen LogP contribution in [0.4, 0.5) is 11.4 Å². The standard InChI is InChI=1S/C12H17N3O3/c1-3-15(7-10(13)16)9-6-4-5-8(11(9)14)12(17)18-2/h4-6H,3,7,14H2,1-2H3,(H2,13,16). The number of rotatable bonds is 5. The van der Waals surface area contributed by atoms with Gasteiger partial charge in [-0.25, -0.2) is 4.79 Å². The van der Waals surface area contributed by atoms with Gasteiger partial charge in [0.15, 0.2) is 0 Å². The summed E-state index contributed by atoms with van der Waals surface area (Å²) in [5.74, 6) is -0.968. The van der Waals surface area contributed by atoms with Crippen molar-refractivity contribution >= 4 is 23.3 Å². The van der Waals surface area contributed by atoms with Crippen LogP contribution in [0.1, 0.15) is 17.3 Å². The molecule has 0 saturated carbocycles. The van der Waals surface area contributed by atoms with Crippen molar-refractivity contribution in [1.29, 1.82) is 0 Å². The third-order valence-electron chi connectivity index (χ3n) is 2.56.